The number of pyridine rings is 2. The van der Waals surface area contributed by atoms with Crippen LogP contribution in [0, 0.1) is 6.92 Å². The molecule has 0 spiro atoms. The summed E-state index contributed by atoms with van der Waals surface area (Å²) in [4.78, 5) is 29.0. The summed E-state index contributed by atoms with van der Waals surface area (Å²) >= 11 is 5.79. The molecule has 1 aromatic carbocycles. The maximum Gasteiger partial charge on any atom is 0.254 e. The Labute approximate surface area is 167 Å². The number of rotatable bonds is 7. The highest BCUT2D eigenvalue weighted by Gasteiger charge is 2.12. The van der Waals surface area contributed by atoms with Crippen molar-refractivity contribution in [1.29, 1.82) is 0 Å². The van der Waals surface area contributed by atoms with Crippen molar-refractivity contribution in [2.75, 3.05) is 0 Å². The van der Waals surface area contributed by atoms with Gasteiger partial charge in [0.15, 0.2) is 5.78 Å². The topological polar surface area (TPSA) is 81.4 Å². The molecule has 28 heavy (non-hydrogen) atoms. The molecule has 0 aliphatic carbocycles. The number of aliphatic hydroxyl groups excluding tert-OH is 1. The summed E-state index contributed by atoms with van der Waals surface area (Å²) in [6.45, 7) is 1.85. The van der Waals surface area contributed by atoms with Crippen LogP contribution in [0.5, 0.6) is 5.75 Å². The summed E-state index contributed by atoms with van der Waals surface area (Å²) < 4.78 is 6.90. The lowest BCUT2D eigenvalue weighted by Gasteiger charge is -2.10. The number of hydrogen-bond acceptors (Lipinski definition) is 5. The summed E-state index contributed by atoms with van der Waals surface area (Å²) in [5.41, 5.74) is 2.38. The van der Waals surface area contributed by atoms with E-state index in [2.05, 4.69) is 4.98 Å². The summed E-state index contributed by atoms with van der Waals surface area (Å²) in [5.74, 6) is 0.219. The van der Waals surface area contributed by atoms with Gasteiger partial charge in [0.1, 0.15) is 12.4 Å². The number of carbonyl (C=O) groups is 1. The first-order valence-electron chi connectivity index (χ1n) is 8.63. The molecule has 0 unspecified atom stereocenters. The van der Waals surface area contributed by atoms with Gasteiger partial charge in [-0.25, -0.2) is 0 Å². The molecule has 0 aliphatic rings. The van der Waals surface area contributed by atoms with Crippen molar-refractivity contribution in [3.05, 3.63) is 92.6 Å². The van der Waals surface area contributed by atoms with Crippen LogP contribution in [0.3, 0.4) is 0 Å². The van der Waals surface area contributed by atoms with Gasteiger partial charge in [0.25, 0.3) is 5.56 Å². The Bertz CT molecular complexity index is 1050. The van der Waals surface area contributed by atoms with E-state index >= 15 is 0 Å². The highest BCUT2D eigenvalue weighted by molar-refractivity contribution is 6.30. The minimum Gasteiger partial charge on any atom is -0.487 e. The predicted octanol–water partition coefficient (Wildman–Crippen LogP) is 3.16. The average molecular weight is 399 g/mol. The Morgan fingerprint density at radius 1 is 1.21 bits per heavy atom. The van der Waals surface area contributed by atoms with Crippen LogP contribution in [0.2, 0.25) is 5.02 Å². The fourth-order valence-electron chi connectivity index (χ4n) is 2.74. The van der Waals surface area contributed by atoms with Crippen molar-refractivity contribution >= 4 is 17.4 Å². The highest BCUT2D eigenvalue weighted by Crippen LogP contribution is 2.14. The van der Waals surface area contributed by atoms with E-state index in [9.17, 15) is 9.59 Å². The molecule has 0 saturated carbocycles. The SMILES string of the molecule is Cc1cc(CO)ccc1C(=O)Cn1ccc(OCc2ccc(Cl)cn2)cc1=O. The fraction of sp³-hybridized carbons (Fsp3) is 0.190. The van der Waals surface area contributed by atoms with Gasteiger partial charge in [0.2, 0.25) is 0 Å². The second kappa shape index (κ2) is 8.82. The van der Waals surface area contributed by atoms with Crippen molar-refractivity contribution in [2.24, 2.45) is 0 Å². The van der Waals surface area contributed by atoms with Crippen molar-refractivity contribution < 1.29 is 14.6 Å². The molecular weight excluding hydrogens is 380 g/mol. The van der Waals surface area contributed by atoms with Gasteiger partial charge in [-0.1, -0.05) is 29.8 Å². The van der Waals surface area contributed by atoms with Crippen molar-refractivity contribution in [3.63, 3.8) is 0 Å². The number of hydrogen-bond donors (Lipinski definition) is 1. The van der Waals surface area contributed by atoms with Crippen LogP contribution in [0.25, 0.3) is 0 Å². The number of aromatic nitrogens is 2. The first kappa shape index (κ1) is 19.8. The molecule has 2 heterocycles. The number of ketones is 1. The van der Waals surface area contributed by atoms with E-state index in [1.165, 1.54) is 23.0 Å². The minimum absolute atomic E-state index is 0.0723. The molecule has 0 aliphatic heterocycles. The van der Waals surface area contributed by atoms with Crippen molar-refractivity contribution in [3.8, 4) is 5.75 Å². The first-order valence-corrected chi connectivity index (χ1v) is 9.01. The Balaban J connectivity index is 1.67. The van der Waals surface area contributed by atoms with Crippen LogP contribution < -0.4 is 10.3 Å². The summed E-state index contributed by atoms with van der Waals surface area (Å²) in [7, 11) is 0. The van der Waals surface area contributed by atoms with Crippen LogP contribution in [-0.4, -0.2) is 20.4 Å². The zero-order chi connectivity index (χ0) is 20.1. The van der Waals surface area contributed by atoms with Crippen LogP contribution in [0.4, 0.5) is 0 Å². The van der Waals surface area contributed by atoms with Crippen molar-refractivity contribution in [1.82, 2.24) is 9.55 Å². The van der Waals surface area contributed by atoms with E-state index in [1.54, 1.807) is 43.3 Å². The Morgan fingerprint density at radius 3 is 2.68 bits per heavy atom. The molecular formula is C21H19ClN2O4. The molecule has 0 bridgehead atoms. The summed E-state index contributed by atoms with van der Waals surface area (Å²) in [5, 5.41) is 9.70. The largest absolute Gasteiger partial charge is 0.487 e. The maximum absolute atomic E-state index is 12.5. The van der Waals surface area contributed by atoms with E-state index in [4.69, 9.17) is 21.4 Å². The van der Waals surface area contributed by atoms with Gasteiger partial charge < -0.3 is 14.4 Å². The molecule has 3 rings (SSSR count). The number of aliphatic hydroxyl groups is 1. The lowest BCUT2D eigenvalue weighted by Crippen LogP contribution is -2.23. The molecule has 6 nitrogen and oxygen atoms in total. The molecule has 1 N–H and O–H groups in total. The molecule has 0 saturated heterocycles. The molecule has 0 atom stereocenters. The number of halogens is 1. The van der Waals surface area contributed by atoms with Gasteiger partial charge in [-0.05, 0) is 36.2 Å². The van der Waals surface area contributed by atoms with Gasteiger partial charge in [0.05, 0.1) is 23.9 Å². The number of nitrogens with zero attached hydrogens (tertiary/aromatic N) is 2. The van der Waals surface area contributed by atoms with E-state index in [0.717, 1.165) is 11.1 Å². The number of ether oxygens (including phenoxy) is 1. The Kier molecular flexibility index (Phi) is 6.23. The predicted molar refractivity (Wildman–Crippen MR) is 106 cm³/mol. The van der Waals surface area contributed by atoms with E-state index in [0.29, 0.717) is 22.0 Å². The van der Waals surface area contributed by atoms with Crippen LogP contribution in [0.1, 0.15) is 27.2 Å². The zero-order valence-corrected chi connectivity index (χ0v) is 16.0. The van der Waals surface area contributed by atoms with E-state index < -0.39 is 0 Å². The molecule has 0 radical (unpaired) electrons. The molecule has 0 amide bonds. The smallest absolute Gasteiger partial charge is 0.254 e. The van der Waals surface area contributed by atoms with Crippen molar-refractivity contribution in [2.45, 2.75) is 26.7 Å². The lowest BCUT2D eigenvalue weighted by atomic mass is 10.0. The first-order chi connectivity index (χ1) is 13.5. The van der Waals surface area contributed by atoms with Crippen LogP contribution in [0.15, 0.2) is 59.7 Å². The molecule has 0 fully saturated rings. The van der Waals surface area contributed by atoms with E-state index in [-0.39, 0.29) is 31.1 Å². The summed E-state index contributed by atoms with van der Waals surface area (Å²) in [6, 6.07) is 11.6. The second-order valence-electron chi connectivity index (χ2n) is 6.32. The number of benzene rings is 1. The number of aryl methyl sites for hydroxylation is 1. The molecule has 7 heteroatoms. The zero-order valence-electron chi connectivity index (χ0n) is 15.3. The normalized spacial score (nSPS) is 10.7. The molecule has 3 aromatic rings. The second-order valence-corrected chi connectivity index (χ2v) is 6.75. The molecule has 144 valence electrons. The third-order valence-electron chi connectivity index (χ3n) is 4.23. The van der Waals surface area contributed by atoms with Crippen LogP contribution >= 0.6 is 11.6 Å². The Hall–Kier alpha value is -2.96. The third-order valence-corrected chi connectivity index (χ3v) is 4.45. The minimum atomic E-state index is -0.334. The Morgan fingerprint density at radius 2 is 2.04 bits per heavy atom. The average Bonchev–Trinajstić information content (AvgIpc) is 2.69. The quantitative estimate of drug-likeness (QED) is 0.618. The van der Waals surface area contributed by atoms with Gasteiger partial charge in [-0.15, -0.1) is 0 Å². The molecule has 2 aromatic heterocycles. The lowest BCUT2D eigenvalue weighted by molar-refractivity contribution is 0.0970. The van der Waals surface area contributed by atoms with Gasteiger partial charge in [-0.2, -0.15) is 0 Å². The van der Waals surface area contributed by atoms with Gasteiger partial charge >= 0.3 is 0 Å². The number of carbonyl (C=O) groups excluding carboxylic acids is 1. The van der Waals surface area contributed by atoms with Gasteiger partial charge in [-0.3, -0.25) is 14.6 Å². The fourth-order valence-corrected chi connectivity index (χ4v) is 2.85. The monoisotopic (exact) mass is 398 g/mol. The summed E-state index contributed by atoms with van der Waals surface area (Å²) in [6.07, 6.45) is 3.06. The maximum atomic E-state index is 12.5. The number of Topliss-reactive ketones (excluding diaryl/α,β-unsaturated/α-hetero) is 1. The highest BCUT2D eigenvalue weighted by atomic mass is 35.5. The third kappa shape index (κ3) is 4.85. The standard InChI is InChI=1S/C21H19ClN2O4/c1-14-8-15(12-25)2-5-19(14)20(26)11-24-7-6-18(9-21(24)27)28-13-17-4-3-16(22)10-23-17/h2-10,25H,11-13H2,1H3. The van der Waals surface area contributed by atoms with E-state index in [1.807, 2.05) is 0 Å². The van der Waals surface area contributed by atoms with Crippen LogP contribution in [-0.2, 0) is 19.8 Å². The van der Waals surface area contributed by atoms with Gasteiger partial charge in [0, 0.05) is 24.0 Å².